The highest BCUT2D eigenvalue weighted by molar-refractivity contribution is 5.71. The largest absolute Gasteiger partial charge is 0.297 e. The van der Waals surface area contributed by atoms with Crippen LogP contribution in [0.1, 0.15) is 20.8 Å². The molecule has 1 heteroatoms. The van der Waals surface area contributed by atoms with Gasteiger partial charge in [-0.3, -0.25) is 4.99 Å². The Bertz CT molecular complexity index is 121. The molecule has 1 nitrogen and oxygen atoms in total. The number of hydrogen-bond acceptors (Lipinski definition) is 1. The Labute approximate surface area is 57.5 Å². The number of aliphatic imine (C=N–C) groups is 1. The zero-order chi connectivity index (χ0) is 7.28. The topological polar surface area (TPSA) is 12.4 Å². The molecule has 0 bridgehead atoms. The molecule has 0 saturated carbocycles. The van der Waals surface area contributed by atoms with Gasteiger partial charge in [-0.05, 0) is 18.9 Å². The van der Waals surface area contributed by atoms with Gasteiger partial charge in [0.25, 0.3) is 0 Å². The Balaban J connectivity index is 3.84. The third kappa shape index (κ3) is 3.95. The third-order valence-electron chi connectivity index (χ3n) is 1.40. The highest BCUT2D eigenvalue weighted by atomic mass is 14.6. The second kappa shape index (κ2) is 4.30. The van der Waals surface area contributed by atoms with E-state index in [1.54, 1.807) is 7.05 Å². The van der Waals surface area contributed by atoms with Crippen molar-refractivity contribution >= 4 is 6.21 Å². The molecule has 0 amide bonds. The summed E-state index contributed by atoms with van der Waals surface area (Å²) in [6.07, 6.45) is 3.88. The molecular weight excluding hydrogens is 110 g/mol. The lowest BCUT2D eigenvalue weighted by Crippen LogP contribution is -1.87. The Morgan fingerprint density at radius 3 is 2.33 bits per heavy atom. The first-order valence-corrected chi connectivity index (χ1v) is 3.27. The number of rotatable bonds is 2. The minimum absolute atomic E-state index is 0.642. The van der Waals surface area contributed by atoms with E-state index < -0.39 is 0 Å². The summed E-state index contributed by atoms with van der Waals surface area (Å²) in [5.74, 6) is 0.642. The first-order valence-electron chi connectivity index (χ1n) is 3.27. The summed E-state index contributed by atoms with van der Waals surface area (Å²) in [6, 6.07) is 0. The average molecular weight is 125 g/mol. The van der Waals surface area contributed by atoms with Gasteiger partial charge in [0, 0.05) is 13.3 Å². The maximum Gasteiger partial charge on any atom is 0.0277 e. The molecule has 0 atom stereocenters. The fourth-order valence-corrected chi connectivity index (χ4v) is 0.385. The summed E-state index contributed by atoms with van der Waals surface area (Å²) in [5.41, 5.74) is 1.38. The van der Waals surface area contributed by atoms with E-state index in [9.17, 15) is 0 Å². The monoisotopic (exact) mass is 125 g/mol. The first kappa shape index (κ1) is 8.41. The van der Waals surface area contributed by atoms with Crippen molar-refractivity contribution in [2.24, 2.45) is 10.9 Å². The predicted octanol–water partition coefficient (Wildman–Crippen LogP) is 2.29. The molecule has 0 N–H and O–H groups in total. The van der Waals surface area contributed by atoms with E-state index in [-0.39, 0.29) is 0 Å². The van der Waals surface area contributed by atoms with Crippen LogP contribution < -0.4 is 0 Å². The lowest BCUT2D eigenvalue weighted by atomic mass is 10.1. The Morgan fingerprint density at radius 2 is 2.00 bits per heavy atom. The molecule has 0 saturated heterocycles. The van der Waals surface area contributed by atoms with E-state index in [2.05, 4.69) is 25.8 Å². The third-order valence-corrected chi connectivity index (χ3v) is 1.40. The molecular formula is C8H15N. The zero-order valence-corrected chi connectivity index (χ0v) is 6.68. The Hall–Kier alpha value is -0.590. The molecule has 52 valence electrons. The predicted molar refractivity (Wildman–Crippen MR) is 43.0 cm³/mol. The van der Waals surface area contributed by atoms with Crippen LogP contribution in [0.5, 0.6) is 0 Å². The lowest BCUT2D eigenvalue weighted by molar-refractivity contribution is 0.771. The molecule has 0 aliphatic rings. The molecule has 0 radical (unpaired) electrons. The van der Waals surface area contributed by atoms with Gasteiger partial charge < -0.3 is 0 Å². The number of hydrogen-bond donors (Lipinski definition) is 0. The summed E-state index contributed by atoms with van der Waals surface area (Å²) < 4.78 is 0. The lowest BCUT2D eigenvalue weighted by Gasteiger charge is -2.00. The molecule has 0 aromatic heterocycles. The van der Waals surface area contributed by atoms with Crippen LogP contribution >= 0.6 is 0 Å². The van der Waals surface area contributed by atoms with Crippen LogP contribution in [0.4, 0.5) is 0 Å². The average Bonchev–Trinajstić information content (AvgIpc) is 1.82. The highest BCUT2D eigenvalue weighted by Gasteiger charge is 1.91. The summed E-state index contributed by atoms with van der Waals surface area (Å²) in [7, 11) is 1.78. The second-order valence-electron chi connectivity index (χ2n) is 2.47. The maximum absolute atomic E-state index is 3.86. The highest BCUT2D eigenvalue weighted by Crippen LogP contribution is 2.05. The van der Waals surface area contributed by atoms with Crippen molar-refractivity contribution in [3.05, 3.63) is 11.6 Å². The van der Waals surface area contributed by atoms with Gasteiger partial charge in [-0.25, -0.2) is 0 Å². The van der Waals surface area contributed by atoms with Crippen molar-refractivity contribution in [2.45, 2.75) is 20.8 Å². The first-order chi connectivity index (χ1) is 4.18. The molecule has 0 aliphatic heterocycles. The van der Waals surface area contributed by atoms with E-state index in [0.717, 1.165) is 0 Å². The van der Waals surface area contributed by atoms with Crippen LogP contribution in [-0.4, -0.2) is 13.3 Å². The van der Waals surface area contributed by atoms with E-state index in [1.807, 2.05) is 12.3 Å². The van der Waals surface area contributed by atoms with Crippen LogP contribution in [0.15, 0.2) is 16.6 Å². The minimum atomic E-state index is 0.642. The van der Waals surface area contributed by atoms with Gasteiger partial charge in [0.2, 0.25) is 0 Å². The number of allylic oxidation sites excluding steroid dienone is 2. The summed E-state index contributed by atoms with van der Waals surface area (Å²) in [4.78, 5) is 3.86. The molecule has 0 fully saturated rings. The van der Waals surface area contributed by atoms with Gasteiger partial charge in [0.1, 0.15) is 0 Å². The summed E-state index contributed by atoms with van der Waals surface area (Å²) in [6.45, 7) is 6.47. The fraction of sp³-hybridized carbons (Fsp3) is 0.625. The molecule has 0 aromatic carbocycles. The van der Waals surface area contributed by atoms with Crippen LogP contribution in [0.3, 0.4) is 0 Å². The van der Waals surface area contributed by atoms with Gasteiger partial charge in [-0.15, -0.1) is 0 Å². The molecule has 0 aliphatic carbocycles. The molecule has 0 heterocycles. The van der Waals surface area contributed by atoms with E-state index in [1.165, 1.54) is 5.57 Å². The Kier molecular flexibility index (Phi) is 4.02. The van der Waals surface area contributed by atoms with Crippen molar-refractivity contribution < 1.29 is 0 Å². The Morgan fingerprint density at radius 1 is 1.44 bits per heavy atom. The molecule has 0 aromatic rings. The van der Waals surface area contributed by atoms with E-state index in [4.69, 9.17) is 0 Å². The van der Waals surface area contributed by atoms with Gasteiger partial charge in [0.05, 0.1) is 0 Å². The van der Waals surface area contributed by atoms with Gasteiger partial charge in [-0.2, -0.15) is 0 Å². The molecule has 0 unspecified atom stereocenters. The van der Waals surface area contributed by atoms with Crippen LogP contribution in [0.25, 0.3) is 0 Å². The fourth-order valence-electron chi connectivity index (χ4n) is 0.385. The standard InChI is InChI=1S/C8H15N/c1-7(2)8(3)5-6-9-4/h5-7H,1-4H3/b8-5+,9-6?. The van der Waals surface area contributed by atoms with Crippen molar-refractivity contribution in [3.8, 4) is 0 Å². The quantitative estimate of drug-likeness (QED) is 0.502. The smallest absolute Gasteiger partial charge is 0.0277 e. The van der Waals surface area contributed by atoms with Gasteiger partial charge >= 0.3 is 0 Å². The summed E-state index contributed by atoms with van der Waals surface area (Å²) >= 11 is 0. The molecule has 0 rings (SSSR count). The van der Waals surface area contributed by atoms with Crippen LogP contribution in [0, 0.1) is 5.92 Å². The van der Waals surface area contributed by atoms with Crippen molar-refractivity contribution in [3.63, 3.8) is 0 Å². The maximum atomic E-state index is 3.86. The summed E-state index contributed by atoms with van der Waals surface area (Å²) in [5, 5.41) is 0. The van der Waals surface area contributed by atoms with Crippen LogP contribution in [-0.2, 0) is 0 Å². The second-order valence-corrected chi connectivity index (χ2v) is 2.47. The van der Waals surface area contributed by atoms with Crippen molar-refractivity contribution in [2.75, 3.05) is 7.05 Å². The van der Waals surface area contributed by atoms with E-state index >= 15 is 0 Å². The molecule has 0 spiro atoms. The SMILES string of the molecule is CN=C/C=C(\C)C(C)C. The van der Waals surface area contributed by atoms with Crippen molar-refractivity contribution in [1.82, 2.24) is 0 Å². The van der Waals surface area contributed by atoms with Crippen molar-refractivity contribution in [1.29, 1.82) is 0 Å². The molecule has 9 heavy (non-hydrogen) atoms. The normalized spacial score (nSPS) is 13.7. The van der Waals surface area contributed by atoms with Crippen LogP contribution in [0.2, 0.25) is 0 Å². The zero-order valence-electron chi connectivity index (χ0n) is 6.68. The van der Waals surface area contributed by atoms with Gasteiger partial charge in [-0.1, -0.05) is 19.4 Å². The number of nitrogens with zero attached hydrogens (tertiary/aromatic N) is 1. The minimum Gasteiger partial charge on any atom is -0.297 e. The van der Waals surface area contributed by atoms with Gasteiger partial charge in [0.15, 0.2) is 0 Å². The van der Waals surface area contributed by atoms with E-state index in [0.29, 0.717) is 5.92 Å².